The van der Waals surface area contributed by atoms with Crippen molar-refractivity contribution >= 4 is 12.4 Å². The van der Waals surface area contributed by atoms with E-state index in [1.54, 1.807) is 7.11 Å². The summed E-state index contributed by atoms with van der Waals surface area (Å²) in [5.41, 5.74) is 2.78. The molecule has 0 amide bonds. The molecular formula is C23H32ClNO2. The molecule has 3 nitrogen and oxygen atoms in total. The molecule has 1 aliphatic carbocycles. The molecule has 2 aromatic carbocycles. The molecule has 0 saturated heterocycles. The highest BCUT2D eigenvalue weighted by atomic mass is 35.5. The number of hydrogen-bond donors (Lipinski definition) is 0. The third-order valence-electron chi connectivity index (χ3n) is 5.26. The Bertz CT molecular complexity index is 573. The lowest BCUT2D eigenvalue weighted by Crippen LogP contribution is -2.39. The largest absolute Gasteiger partial charge is 0.382 e. The fourth-order valence-corrected chi connectivity index (χ4v) is 3.83. The van der Waals surface area contributed by atoms with Gasteiger partial charge in [0.1, 0.15) is 0 Å². The van der Waals surface area contributed by atoms with Crippen molar-refractivity contribution in [1.82, 2.24) is 4.90 Å². The molecule has 4 heteroatoms. The van der Waals surface area contributed by atoms with Crippen molar-refractivity contribution in [3.8, 4) is 0 Å². The fourth-order valence-electron chi connectivity index (χ4n) is 3.83. The first-order valence-corrected chi connectivity index (χ1v) is 9.77. The summed E-state index contributed by atoms with van der Waals surface area (Å²) in [4.78, 5) is 2.65. The molecule has 0 aromatic heterocycles. The second-order valence-electron chi connectivity index (χ2n) is 7.17. The Hall–Kier alpha value is -1.39. The Balaban J connectivity index is 0.00000261. The Morgan fingerprint density at radius 1 is 0.778 bits per heavy atom. The summed E-state index contributed by atoms with van der Waals surface area (Å²) in [6, 6.07) is 22.3. The maximum atomic E-state index is 5.94. The highest BCUT2D eigenvalue weighted by Crippen LogP contribution is 2.27. The Morgan fingerprint density at radius 3 is 1.78 bits per heavy atom. The second kappa shape index (κ2) is 12.1. The maximum absolute atomic E-state index is 5.94. The van der Waals surface area contributed by atoms with Crippen molar-refractivity contribution in [1.29, 1.82) is 0 Å². The van der Waals surface area contributed by atoms with E-state index >= 15 is 0 Å². The molecule has 27 heavy (non-hydrogen) atoms. The highest BCUT2D eigenvalue weighted by molar-refractivity contribution is 5.85. The van der Waals surface area contributed by atoms with Crippen molar-refractivity contribution in [2.45, 2.75) is 50.9 Å². The molecule has 0 radical (unpaired) electrons. The van der Waals surface area contributed by atoms with Gasteiger partial charge in [0.05, 0.1) is 19.3 Å². The normalized spacial score (nSPS) is 19.6. The van der Waals surface area contributed by atoms with Crippen LogP contribution in [0.3, 0.4) is 0 Å². The number of benzene rings is 2. The van der Waals surface area contributed by atoms with Crippen LogP contribution in [-0.2, 0) is 22.6 Å². The van der Waals surface area contributed by atoms with E-state index < -0.39 is 0 Å². The summed E-state index contributed by atoms with van der Waals surface area (Å²) in [6.07, 6.45) is 5.11. The highest BCUT2D eigenvalue weighted by Gasteiger charge is 2.26. The quantitative estimate of drug-likeness (QED) is 0.558. The van der Waals surface area contributed by atoms with Crippen LogP contribution in [0.2, 0.25) is 0 Å². The minimum absolute atomic E-state index is 0. The zero-order valence-corrected chi connectivity index (χ0v) is 17.1. The van der Waals surface area contributed by atoms with Gasteiger partial charge in [-0.05, 0) is 36.8 Å². The fraction of sp³-hybridized carbons (Fsp3) is 0.478. The van der Waals surface area contributed by atoms with Gasteiger partial charge < -0.3 is 9.47 Å². The number of rotatable bonds is 9. The first kappa shape index (κ1) is 21.9. The average Bonchev–Trinajstić information content (AvgIpc) is 2.70. The van der Waals surface area contributed by atoms with Gasteiger partial charge in [0.2, 0.25) is 0 Å². The molecule has 1 aliphatic rings. The predicted octanol–water partition coefficient (Wildman–Crippen LogP) is 5.08. The average molecular weight is 390 g/mol. The molecule has 0 aliphatic heterocycles. The van der Waals surface area contributed by atoms with E-state index in [2.05, 4.69) is 65.6 Å². The van der Waals surface area contributed by atoms with Crippen LogP contribution in [0.15, 0.2) is 60.7 Å². The summed E-state index contributed by atoms with van der Waals surface area (Å²) < 4.78 is 11.0. The number of ether oxygens (including phenoxy) is 2. The van der Waals surface area contributed by atoms with Crippen molar-refractivity contribution < 1.29 is 9.47 Å². The monoisotopic (exact) mass is 389 g/mol. The van der Waals surface area contributed by atoms with Crippen LogP contribution in [0.5, 0.6) is 0 Å². The van der Waals surface area contributed by atoms with Crippen LogP contribution >= 0.6 is 12.4 Å². The van der Waals surface area contributed by atoms with Gasteiger partial charge in [0.25, 0.3) is 0 Å². The van der Waals surface area contributed by atoms with Crippen LogP contribution < -0.4 is 0 Å². The molecular weight excluding hydrogens is 358 g/mol. The Labute approximate surface area is 170 Å². The smallest absolute Gasteiger partial charge is 0.0704 e. The van der Waals surface area contributed by atoms with Crippen molar-refractivity contribution in [2.75, 3.05) is 20.3 Å². The summed E-state index contributed by atoms with van der Waals surface area (Å²) in [5.74, 6) is 0. The standard InChI is InChI=1S/C23H31NO2.ClH/c1-25-16-17-26-23-14-12-22(13-15-23)24(18-20-8-4-2-5-9-20)19-21-10-6-3-7-11-21;/h2-11,22-23H,12-19H2,1H3;1H/t22-,23-;. The van der Waals surface area contributed by atoms with Gasteiger partial charge in [-0.3, -0.25) is 4.90 Å². The first-order chi connectivity index (χ1) is 12.8. The van der Waals surface area contributed by atoms with E-state index in [-0.39, 0.29) is 12.4 Å². The van der Waals surface area contributed by atoms with E-state index in [9.17, 15) is 0 Å². The topological polar surface area (TPSA) is 21.7 Å². The van der Waals surface area contributed by atoms with Gasteiger partial charge in [-0.25, -0.2) is 0 Å². The SMILES string of the molecule is COCCO[C@H]1CC[C@H](N(Cc2ccccc2)Cc2ccccc2)CC1.Cl. The van der Waals surface area contributed by atoms with E-state index in [0.717, 1.165) is 25.9 Å². The molecule has 148 valence electrons. The van der Waals surface area contributed by atoms with E-state index in [4.69, 9.17) is 9.47 Å². The van der Waals surface area contributed by atoms with E-state index in [1.807, 2.05) is 0 Å². The molecule has 2 aromatic rings. The molecule has 1 fully saturated rings. The zero-order valence-electron chi connectivity index (χ0n) is 16.3. The van der Waals surface area contributed by atoms with Crippen molar-refractivity contribution in [3.05, 3.63) is 71.8 Å². The summed E-state index contributed by atoms with van der Waals surface area (Å²) in [6.45, 7) is 3.42. The van der Waals surface area contributed by atoms with E-state index in [1.165, 1.54) is 24.0 Å². The number of methoxy groups -OCH3 is 1. The van der Waals surface area contributed by atoms with Gasteiger partial charge in [-0.15, -0.1) is 12.4 Å². The Kier molecular flexibility index (Phi) is 9.85. The van der Waals surface area contributed by atoms with Crippen LogP contribution in [-0.4, -0.2) is 37.4 Å². The van der Waals surface area contributed by atoms with Gasteiger partial charge in [-0.1, -0.05) is 60.7 Å². The number of halogens is 1. The second-order valence-corrected chi connectivity index (χ2v) is 7.17. The number of nitrogens with zero attached hydrogens (tertiary/aromatic N) is 1. The molecule has 0 heterocycles. The van der Waals surface area contributed by atoms with Crippen LogP contribution in [0.25, 0.3) is 0 Å². The van der Waals surface area contributed by atoms with Gasteiger partial charge in [-0.2, -0.15) is 0 Å². The van der Waals surface area contributed by atoms with Crippen LogP contribution in [0, 0.1) is 0 Å². The lowest BCUT2D eigenvalue weighted by Gasteiger charge is -2.37. The molecule has 0 unspecified atom stereocenters. The molecule has 1 saturated carbocycles. The third kappa shape index (κ3) is 7.27. The summed E-state index contributed by atoms with van der Waals surface area (Å²) in [5, 5.41) is 0. The summed E-state index contributed by atoms with van der Waals surface area (Å²) >= 11 is 0. The summed E-state index contributed by atoms with van der Waals surface area (Å²) in [7, 11) is 1.73. The maximum Gasteiger partial charge on any atom is 0.0704 e. The third-order valence-corrected chi connectivity index (χ3v) is 5.26. The van der Waals surface area contributed by atoms with Crippen LogP contribution in [0.1, 0.15) is 36.8 Å². The molecule has 0 spiro atoms. The Morgan fingerprint density at radius 2 is 1.30 bits per heavy atom. The first-order valence-electron chi connectivity index (χ1n) is 9.77. The molecule has 0 atom stereocenters. The lowest BCUT2D eigenvalue weighted by atomic mass is 9.91. The van der Waals surface area contributed by atoms with Gasteiger partial charge in [0, 0.05) is 26.2 Å². The van der Waals surface area contributed by atoms with Crippen LogP contribution in [0.4, 0.5) is 0 Å². The predicted molar refractivity (Wildman–Crippen MR) is 113 cm³/mol. The van der Waals surface area contributed by atoms with Crippen molar-refractivity contribution in [2.24, 2.45) is 0 Å². The van der Waals surface area contributed by atoms with Gasteiger partial charge >= 0.3 is 0 Å². The van der Waals surface area contributed by atoms with E-state index in [0.29, 0.717) is 25.4 Å². The lowest BCUT2D eigenvalue weighted by molar-refractivity contribution is -0.0161. The van der Waals surface area contributed by atoms with Crippen molar-refractivity contribution in [3.63, 3.8) is 0 Å². The minimum Gasteiger partial charge on any atom is -0.382 e. The minimum atomic E-state index is 0. The molecule has 0 bridgehead atoms. The molecule has 0 N–H and O–H groups in total. The number of hydrogen-bond acceptors (Lipinski definition) is 3. The molecule has 3 rings (SSSR count). The van der Waals surface area contributed by atoms with Gasteiger partial charge in [0.15, 0.2) is 0 Å². The zero-order chi connectivity index (χ0) is 18.0.